The number of aromatic nitrogens is 1. The van der Waals surface area contributed by atoms with Gasteiger partial charge in [-0.2, -0.15) is 0 Å². The van der Waals surface area contributed by atoms with Crippen molar-refractivity contribution in [1.82, 2.24) is 4.98 Å². The van der Waals surface area contributed by atoms with Crippen molar-refractivity contribution in [2.75, 3.05) is 0 Å². The van der Waals surface area contributed by atoms with Crippen LogP contribution in [0.2, 0.25) is 0 Å². The molecule has 0 spiro atoms. The first-order valence-electron chi connectivity index (χ1n) is 7.73. The maximum absolute atomic E-state index is 10.7. The average Bonchev–Trinajstić information content (AvgIpc) is 2.49. The van der Waals surface area contributed by atoms with E-state index in [1.807, 2.05) is 43.5 Å². The van der Waals surface area contributed by atoms with Crippen LogP contribution in [0, 0.1) is 0 Å². The van der Waals surface area contributed by atoms with Gasteiger partial charge in [-0.15, -0.1) is 0 Å². The molecular formula is C19H25NO2. The van der Waals surface area contributed by atoms with Crippen LogP contribution < -0.4 is 0 Å². The highest BCUT2D eigenvalue weighted by Crippen LogP contribution is 2.03. The molecule has 0 aromatic carbocycles. The zero-order valence-electron chi connectivity index (χ0n) is 13.4. The van der Waals surface area contributed by atoms with Crippen LogP contribution in [-0.4, -0.2) is 17.1 Å². The second kappa shape index (κ2) is 11.5. The minimum atomic E-state index is -0.231. The highest BCUT2D eigenvalue weighted by Gasteiger charge is 2.01. The first-order valence-corrected chi connectivity index (χ1v) is 7.73. The third-order valence-corrected chi connectivity index (χ3v) is 3.00. The molecule has 0 saturated heterocycles. The number of hydrogen-bond donors (Lipinski definition) is 0. The fraction of sp³-hybridized carbons (Fsp3) is 0.368. The summed E-state index contributed by atoms with van der Waals surface area (Å²) < 4.78 is 5.03. The summed E-state index contributed by atoms with van der Waals surface area (Å²) in [4.78, 5) is 14.8. The van der Waals surface area contributed by atoms with Crippen molar-refractivity contribution in [3.8, 4) is 0 Å². The van der Waals surface area contributed by atoms with Gasteiger partial charge in [0.25, 0.3) is 0 Å². The van der Waals surface area contributed by atoms with Gasteiger partial charge in [0, 0.05) is 25.7 Å². The lowest BCUT2D eigenvalue weighted by Gasteiger charge is -2.07. The number of carbonyl (C=O) groups is 1. The number of hydrogen-bond acceptors (Lipinski definition) is 3. The van der Waals surface area contributed by atoms with E-state index in [-0.39, 0.29) is 12.1 Å². The maximum Gasteiger partial charge on any atom is 0.302 e. The molecule has 1 aromatic rings. The van der Waals surface area contributed by atoms with Crippen LogP contribution in [0.5, 0.6) is 0 Å². The number of carbonyl (C=O) groups excluding carboxylic acids is 1. The number of pyridine rings is 1. The van der Waals surface area contributed by atoms with E-state index < -0.39 is 0 Å². The number of esters is 1. The number of allylic oxidation sites excluding steroid dienone is 5. The predicted molar refractivity (Wildman–Crippen MR) is 90.4 cm³/mol. The van der Waals surface area contributed by atoms with E-state index in [0.29, 0.717) is 0 Å². The van der Waals surface area contributed by atoms with Gasteiger partial charge in [0.05, 0.1) is 0 Å². The normalized spacial score (nSPS) is 13.2. The zero-order chi connectivity index (χ0) is 16.0. The molecule has 0 saturated carbocycles. The fourth-order valence-electron chi connectivity index (χ4n) is 1.95. The Morgan fingerprint density at radius 3 is 2.73 bits per heavy atom. The van der Waals surface area contributed by atoms with Gasteiger partial charge in [-0.25, -0.2) is 0 Å². The van der Waals surface area contributed by atoms with Crippen LogP contribution in [-0.2, 0) is 16.0 Å². The average molecular weight is 299 g/mol. The van der Waals surface area contributed by atoms with Gasteiger partial charge < -0.3 is 4.74 Å². The smallest absolute Gasteiger partial charge is 0.302 e. The summed E-state index contributed by atoms with van der Waals surface area (Å²) in [6.07, 6.45) is 19.8. The van der Waals surface area contributed by atoms with E-state index in [2.05, 4.69) is 23.2 Å². The molecule has 0 bridgehead atoms. The zero-order valence-corrected chi connectivity index (χ0v) is 13.4. The molecule has 118 valence electrons. The van der Waals surface area contributed by atoms with E-state index >= 15 is 0 Å². The Hall–Kier alpha value is -2.16. The summed E-state index contributed by atoms with van der Waals surface area (Å²) in [6.45, 7) is 3.32. The molecular weight excluding hydrogens is 274 g/mol. The van der Waals surface area contributed by atoms with Crippen LogP contribution in [0.4, 0.5) is 0 Å². The third kappa shape index (κ3) is 9.70. The molecule has 3 nitrogen and oxygen atoms in total. The number of aryl methyl sites for hydroxylation is 1. The topological polar surface area (TPSA) is 39.2 Å². The second-order valence-corrected chi connectivity index (χ2v) is 5.15. The first-order chi connectivity index (χ1) is 10.7. The Morgan fingerprint density at radius 2 is 2.05 bits per heavy atom. The van der Waals surface area contributed by atoms with Crippen molar-refractivity contribution >= 4 is 5.97 Å². The van der Waals surface area contributed by atoms with Crippen molar-refractivity contribution in [2.45, 2.75) is 45.6 Å². The van der Waals surface area contributed by atoms with Gasteiger partial charge in [0.1, 0.15) is 6.10 Å². The molecule has 0 amide bonds. The molecule has 0 aliphatic carbocycles. The van der Waals surface area contributed by atoms with Crippen LogP contribution in [0.15, 0.2) is 61.0 Å². The fourth-order valence-corrected chi connectivity index (χ4v) is 1.95. The summed E-state index contributed by atoms with van der Waals surface area (Å²) in [5.74, 6) is -0.231. The molecule has 1 unspecified atom stereocenters. The van der Waals surface area contributed by atoms with Crippen LogP contribution in [0.1, 0.15) is 38.7 Å². The van der Waals surface area contributed by atoms with Crippen LogP contribution in [0.3, 0.4) is 0 Å². The third-order valence-electron chi connectivity index (χ3n) is 3.00. The molecule has 1 rings (SSSR count). The number of unbranched alkanes of at least 4 members (excludes halogenated alkanes) is 1. The van der Waals surface area contributed by atoms with Crippen molar-refractivity contribution in [2.24, 2.45) is 0 Å². The Balaban J connectivity index is 2.08. The van der Waals surface area contributed by atoms with Gasteiger partial charge in [0.15, 0.2) is 0 Å². The Bertz CT molecular complexity index is 503. The predicted octanol–water partition coefficient (Wildman–Crippen LogP) is 4.41. The van der Waals surface area contributed by atoms with Crippen molar-refractivity contribution in [1.29, 1.82) is 0 Å². The quantitative estimate of drug-likeness (QED) is 0.385. The van der Waals surface area contributed by atoms with Crippen molar-refractivity contribution in [3.63, 3.8) is 0 Å². The van der Waals surface area contributed by atoms with Crippen LogP contribution in [0.25, 0.3) is 0 Å². The molecule has 1 aromatic heterocycles. The van der Waals surface area contributed by atoms with E-state index in [4.69, 9.17) is 4.74 Å². The lowest BCUT2D eigenvalue weighted by molar-refractivity contribution is -0.145. The van der Waals surface area contributed by atoms with E-state index in [9.17, 15) is 4.79 Å². The molecule has 1 heterocycles. The SMILES string of the molecule is CC(=O)OC(C)C/C=C/C=C/C=C/CCCc1cccnc1. The largest absolute Gasteiger partial charge is 0.463 e. The summed E-state index contributed by atoms with van der Waals surface area (Å²) in [5.41, 5.74) is 1.29. The Labute approximate surface area is 133 Å². The molecule has 3 heteroatoms. The number of ether oxygens (including phenoxy) is 1. The molecule has 22 heavy (non-hydrogen) atoms. The highest BCUT2D eigenvalue weighted by molar-refractivity contribution is 5.66. The summed E-state index contributed by atoms with van der Waals surface area (Å²) in [7, 11) is 0. The molecule has 0 radical (unpaired) electrons. The lowest BCUT2D eigenvalue weighted by atomic mass is 10.1. The highest BCUT2D eigenvalue weighted by atomic mass is 16.5. The van der Waals surface area contributed by atoms with E-state index in [1.165, 1.54) is 12.5 Å². The summed E-state index contributed by atoms with van der Waals surface area (Å²) in [6, 6.07) is 4.08. The first kappa shape index (κ1) is 17.9. The lowest BCUT2D eigenvalue weighted by Crippen LogP contribution is -2.10. The van der Waals surface area contributed by atoms with Gasteiger partial charge in [-0.05, 0) is 37.8 Å². The standard InChI is InChI=1S/C19H25NO2/c1-17(22-18(2)21)12-9-7-5-3-4-6-8-10-13-19-14-11-15-20-16-19/h3-7,9,11,14-17H,8,10,12-13H2,1-2H3/b5-3+,6-4+,9-7+. The minimum absolute atomic E-state index is 0.0647. The van der Waals surface area contributed by atoms with Gasteiger partial charge in [-0.1, -0.05) is 42.5 Å². The van der Waals surface area contributed by atoms with E-state index in [0.717, 1.165) is 25.7 Å². The minimum Gasteiger partial charge on any atom is -0.463 e. The summed E-state index contributed by atoms with van der Waals surface area (Å²) >= 11 is 0. The second-order valence-electron chi connectivity index (χ2n) is 5.15. The molecule has 0 N–H and O–H groups in total. The molecule has 0 fully saturated rings. The summed E-state index contributed by atoms with van der Waals surface area (Å²) in [5, 5.41) is 0. The van der Waals surface area contributed by atoms with Gasteiger partial charge in [-0.3, -0.25) is 9.78 Å². The van der Waals surface area contributed by atoms with Gasteiger partial charge >= 0.3 is 5.97 Å². The number of nitrogens with zero attached hydrogens (tertiary/aromatic N) is 1. The van der Waals surface area contributed by atoms with Crippen molar-refractivity contribution in [3.05, 3.63) is 66.5 Å². The molecule has 0 aliphatic rings. The van der Waals surface area contributed by atoms with Crippen molar-refractivity contribution < 1.29 is 9.53 Å². The van der Waals surface area contributed by atoms with Crippen LogP contribution >= 0.6 is 0 Å². The number of rotatable bonds is 9. The van der Waals surface area contributed by atoms with Gasteiger partial charge in [0.2, 0.25) is 0 Å². The Morgan fingerprint density at radius 1 is 1.27 bits per heavy atom. The maximum atomic E-state index is 10.7. The Kier molecular flexibility index (Phi) is 9.35. The van der Waals surface area contributed by atoms with E-state index in [1.54, 1.807) is 6.20 Å². The molecule has 0 aliphatic heterocycles. The molecule has 1 atom stereocenters. The monoisotopic (exact) mass is 299 g/mol.